The minimum atomic E-state index is -0.674. The van der Waals surface area contributed by atoms with Gasteiger partial charge < -0.3 is 14.2 Å². The van der Waals surface area contributed by atoms with E-state index in [1.807, 2.05) is 13.0 Å². The van der Waals surface area contributed by atoms with Crippen molar-refractivity contribution in [2.75, 3.05) is 20.3 Å². The number of ether oxygens (including phenoxy) is 3. The van der Waals surface area contributed by atoms with Gasteiger partial charge >= 0.3 is 5.97 Å². The van der Waals surface area contributed by atoms with Gasteiger partial charge in [-0.3, -0.25) is 0 Å². The maximum atomic E-state index is 12.3. The molecule has 1 fully saturated rings. The maximum absolute atomic E-state index is 12.3. The normalized spacial score (nSPS) is 27.7. The second-order valence-corrected chi connectivity index (χ2v) is 5.24. The van der Waals surface area contributed by atoms with Crippen LogP contribution in [0.15, 0.2) is 35.4 Å². The molecule has 1 saturated heterocycles. The zero-order valence-corrected chi connectivity index (χ0v) is 12.6. The van der Waals surface area contributed by atoms with Gasteiger partial charge in [-0.15, -0.1) is 0 Å². The third-order valence-electron chi connectivity index (χ3n) is 3.63. The topological polar surface area (TPSA) is 93.5 Å². The summed E-state index contributed by atoms with van der Waals surface area (Å²) >= 11 is 0. The third kappa shape index (κ3) is 3.76. The second kappa shape index (κ2) is 7.79. The van der Waals surface area contributed by atoms with Crippen LogP contribution in [0.4, 0.5) is 0 Å². The average Bonchev–Trinajstić information content (AvgIpc) is 2.54. The van der Waals surface area contributed by atoms with E-state index < -0.39 is 24.2 Å². The molecule has 7 nitrogen and oxygen atoms in total. The predicted molar refractivity (Wildman–Crippen MR) is 79.4 cm³/mol. The number of rotatable bonds is 5. The summed E-state index contributed by atoms with van der Waals surface area (Å²) in [5, 5.41) is 3.79. The van der Waals surface area contributed by atoms with E-state index >= 15 is 0 Å². The Balaban J connectivity index is 2.20. The molecule has 7 heteroatoms. The van der Waals surface area contributed by atoms with Crippen LogP contribution in [-0.2, 0) is 14.2 Å². The van der Waals surface area contributed by atoms with Crippen LogP contribution in [0.2, 0.25) is 0 Å². The largest absolute Gasteiger partial charge is 0.455 e. The van der Waals surface area contributed by atoms with Gasteiger partial charge in [-0.05, 0) is 23.6 Å². The Morgan fingerprint density at radius 3 is 2.82 bits per heavy atom. The molecule has 0 saturated carbocycles. The van der Waals surface area contributed by atoms with Gasteiger partial charge in [0.2, 0.25) is 0 Å². The van der Waals surface area contributed by atoms with E-state index in [1.54, 1.807) is 31.4 Å². The van der Waals surface area contributed by atoms with E-state index in [-0.39, 0.29) is 12.5 Å². The number of methoxy groups -OCH3 is 1. The minimum absolute atomic E-state index is 0.0439. The summed E-state index contributed by atoms with van der Waals surface area (Å²) in [6.07, 6.45) is -1.13. The molecular formula is C15H19N3O4. The number of benzene rings is 1. The van der Waals surface area contributed by atoms with Gasteiger partial charge in [0.15, 0.2) is 0 Å². The van der Waals surface area contributed by atoms with Gasteiger partial charge in [0.25, 0.3) is 0 Å². The summed E-state index contributed by atoms with van der Waals surface area (Å²) in [5.41, 5.74) is 9.21. The van der Waals surface area contributed by atoms with Crippen molar-refractivity contribution in [1.82, 2.24) is 0 Å². The third-order valence-corrected chi connectivity index (χ3v) is 3.63. The second-order valence-electron chi connectivity index (χ2n) is 5.24. The lowest BCUT2D eigenvalue weighted by atomic mass is 9.91. The molecule has 22 heavy (non-hydrogen) atoms. The summed E-state index contributed by atoms with van der Waals surface area (Å²) in [7, 11) is 1.54. The van der Waals surface area contributed by atoms with Gasteiger partial charge in [0.1, 0.15) is 12.2 Å². The number of carbonyl (C=O) groups excluding carboxylic acids is 1. The molecule has 1 aliphatic heterocycles. The van der Waals surface area contributed by atoms with E-state index in [4.69, 9.17) is 19.7 Å². The number of hydrogen-bond donors (Lipinski definition) is 0. The van der Waals surface area contributed by atoms with Crippen molar-refractivity contribution < 1.29 is 19.0 Å². The standard InChI is InChI=1S/C15H19N3O4/c1-10-8-21-12(9-20-2)14(13(10)17-18-16)22-15(19)11-6-4-3-5-7-11/h3-7,10,12-14H,8-9H2,1-2H3/t10?,12?,13-,14+/m1/s1. The monoisotopic (exact) mass is 305 g/mol. The van der Waals surface area contributed by atoms with Gasteiger partial charge in [-0.2, -0.15) is 0 Å². The Morgan fingerprint density at radius 2 is 2.18 bits per heavy atom. The highest BCUT2D eigenvalue weighted by atomic mass is 16.6. The quantitative estimate of drug-likeness (QED) is 0.361. The van der Waals surface area contributed by atoms with Crippen LogP contribution in [0.25, 0.3) is 10.4 Å². The summed E-state index contributed by atoms with van der Waals surface area (Å²) in [4.78, 5) is 15.1. The van der Waals surface area contributed by atoms with Gasteiger partial charge in [-0.25, -0.2) is 4.79 Å². The van der Waals surface area contributed by atoms with E-state index in [1.165, 1.54) is 0 Å². The number of nitrogens with zero attached hydrogens (tertiary/aromatic N) is 3. The molecule has 2 unspecified atom stereocenters. The molecule has 4 atom stereocenters. The molecule has 0 bridgehead atoms. The van der Waals surface area contributed by atoms with Gasteiger partial charge in [0, 0.05) is 12.0 Å². The summed E-state index contributed by atoms with van der Waals surface area (Å²) in [6, 6.07) is 8.19. The first-order valence-corrected chi connectivity index (χ1v) is 7.08. The van der Waals surface area contributed by atoms with Crippen molar-refractivity contribution >= 4 is 5.97 Å². The van der Waals surface area contributed by atoms with Gasteiger partial charge in [-0.1, -0.05) is 30.2 Å². The van der Waals surface area contributed by atoms with Crippen LogP contribution in [0, 0.1) is 5.92 Å². The Hall–Kier alpha value is -2.08. The number of carbonyl (C=O) groups is 1. The fraction of sp³-hybridized carbons (Fsp3) is 0.533. The van der Waals surface area contributed by atoms with Crippen molar-refractivity contribution in [3.8, 4) is 0 Å². The summed E-state index contributed by atoms with van der Waals surface area (Å²) < 4.78 is 16.3. The first-order chi connectivity index (χ1) is 10.7. The molecule has 2 rings (SSSR count). The van der Waals surface area contributed by atoms with Crippen molar-refractivity contribution in [3.05, 3.63) is 46.3 Å². The van der Waals surface area contributed by atoms with Gasteiger partial charge in [0.05, 0.1) is 24.8 Å². The van der Waals surface area contributed by atoms with E-state index in [0.717, 1.165) is 0 Å². The molecule has 1 aliphatic rings. The molecule has 1 heterocycles. The molecule has 0 aliphatic carbocycles. The Labute approximate surface area is 128 Å². The Kier molecular flexibility index (Phi) is 5.77. The van der Waals surface area contributed by atoms with E-state index in [0.29, 0.717) is 12.2 Å². The zero-order chi connectivity index (χ0) is 15.9. The predicted octanol–water partition coefficient (Wildman–Crippen LogP) is 2.57. The zero-order valence-electron chi connectivity index (χ0n) is 12.6. The van der Waals surface area contributed by atoms with Crippen LogP contribution in [0.5, 0.6) is 0 Å². The molecule has 0 spiro atoms. The Morgan fingerprint density at radius 1 is 1.45 bits per heavy atom. The first-order valence-electron chi connectivity index (χ1n) is 7.08. The van der Waals surface area contributed by atoms with Crippen molar-refractivity contribution in [2.45, 2.75) is 25.2 Å². The highest BCUT2D eigenvalue weighted by molar-refractivity contribution is 5.89. The molecule has 0 radical (unpaired) electrons. The lowest BCUT2D eigenvalue weighted by molar-refractivity contribution is -0.131. The molecule has 1 aromatic carbocycles. The molecule has 0 N–H and O–H groups in total. The van der Waals surface area contributed by atoms with Crippen LogP contribution in [-0.4, -0.2) is 44.5 Å². The summed E-state index contributed by atoms with van der Waals surface area (Å²) in [6.45, 7) is 2.58. The van der Waals surface area contributed by atoms with Crippen LogP contribution in [0.1, 0.15) is 17.3 Å². The molecule has 0 amide bonds. The molecule has 118 valence electrons. The van der Waals surface area contributed by atoms with Crippen molar-refractivity contribution in [2.24, 2.45) is 11.0 Å². The fourth-order valence-electron chi connectivity index (χ4n) is 2.47. The molecule has 0 aromatic heterocycles. The fourth-order valence-corrected chi connectivity index (χ4v) is 2.47. The van der Waals surface area contributed by atoms with Crippen LogP contribution in [0.3, 0.4) is 0 Å². The van der Waals surface area contributed by atoms with Crippen molar-refractivity contribution in [3.63, 3.8) is 0 Å². The van der Waals surface area contributed by atoms with E-state index in [9.17, 15) is 4.79 Å². The van der Waals surface area contributed by atoms with Crippen LogP contribution < -0.4 is 0 Å². The molecule has 1 aromatic rings. The number of hydrogen-bond acceptors (Lipinski definition) is 5. The Bertz CT molecular complexity index is 545. The highest BCUT2D eigenvalue weighted by Gasteiger charge is 2.41. The van der Waals surface area contributed by atoms with E-state index in [2.05, 4.69) is 10.0 Å². The lowest BCUT2D eigenvalue weighted by Gasteiger charge is -2.38. The number of azide groups is 1. The highest BCUT2D eigenvalue weighted by Crippen LogP contribution is 2.26. The summed E-state index contributed by atoms with van der Waals surface area (Å²) in [5.74, 6) is -0.514. The maximum Gasteiger partial charge on any atom is 0.338 e. The smallest absolute Gasteiger partial charge is 0.338 e. The minimum Gasteiger partial charge on any atom is -0.455 e. The number of esters is 1. The van der Waals surface area contributed by atoms with Crippen LogP contribution >= 0.6 is 0 Å². The average molecular weight is 305 g/mol. The molecular weight excluding hydrogens is 286 g/mol. The first kappa shape index (κ1) is 16.3. The lowest BCUT2D eigenvalue weighted by Crippen LogP contribution is -2.52. The van der Waals surface area contributed by atoms with Crippen molar-refractivity contribution in [1.29, 1.82) is 0 Å². The SMILES string of the molecule is COCC1OCC(C)[C@@H](N=[N+]=[N-])[C@H]1OC(=O)c1ccccc1.